The van der Waals surface area contributed by atoms with Gasteiger partial charge in [-0.1, -0.05) is 13.3 Å². The number of esters is 1. The SMILES string of the molecule is CCCC(N)(CC(=O)OC)C1CC1. The van der Waals surface area contributed by atoms with E-state index in [1.54, 1.807) is 0 Å². The van der Waals surface area contributed by atoms with Crippen LogP contribution >= 0.6 is 0 Å². The van der Waals surface area contributed by atoms with Crippen LogP contribution in [0.25, 0.3) is 0 Å². The van der Waals surface area contributed by atoms with Gasteiger partial charge in [-0.15, -0.1) is 0 Å². The van der Waals surface area contributed by atoms with Crippen molar-refractivity contribution >= 4 is 5.97 Å². The topological polar surface area (TPSA) is 52.3 Å². The third-order valence-corrected chi connectivity index (χ3v) is 2.81. The van der Waals surface area contributed by atoms with Crippen LogP contribution in [0.15, 0.2) is 0 Å². The monoisotopic (exact) mass is 185 g/mol. The molecule has 0 bridgehead atoms. The average molecular weight is 185 g/mol. The van der Waals surface area contributed by atoms with Crippen molar-refractivity contribution in [1.82, 2.24) is 0 Å². The van der Waals surface area contributed by atoms with Crippen LogP contribution in [0.4, 0.5) is 0 Å². The van der Waals surface area contributed by atoms with Gasteiger partial charge in [0, 0.05) is 5.54 Å². The zero-order valence-electron chi connectivity index (χ0n) is 8.51. The number of ether oxygens (including phenoxy) is 1. The van der Waals surface area contributed by atoms with Crippen molar-refractivity contribution in [3.05, 3.63) is 0 Å². The van der Waals surface area contributed by atoms with Crippen molar-refractivity contribution in [2.45, 2.75) is 44.6 Å². The Labute approximate surface area is 79.6 Å². The number of hydrogen-bond acceptors (Lipinski definition) is 3. The summed E-state index contributed by atoms with van der Waals surface area (Å²) in [6.07, 6.45) is 4.68. The zero-order valence-corrected chi connectivity index (χ0v) is 8.51. The van der Waals surface area contributed by atoms with Gasteiger partial charge in [0.1, 0.15) is 0 Å². The van der Waals surface area contributed by atoms with Crippen LogP contribution in [-0.2, 0) is 9.53 Å². The lowest BCUT2D eigenvalue weighted by Gasteiger charge is -2.27. The summed E-state index contributed by atoms with van der Waals surface area (Å²) in [6, 6.07) is 0. The van der Waals surface area contributed by atoms with Gasteiger partial charge in [0.15, 0.2) is 0 Å². The van der Waals surface area contributed by atoms with Gasteiger partial charge in [0.25, 0.3) is 0 Å². The predicted molar refractivity (Wildman–Crippen MR) is 51.2 cm³/mol. The maximum atomic E-state index is 11.1. The number of carbonyl (C=O) groups excluding carboxylic acids is 1. The summed E-state index contributed by atoms with van der Waals surface area (Å²) in [4.78, 5) is 11.1. The quantitative estimate of drug-likeness (QED) is 0.660. The van der Waals surface area contributed by atoms with Gasteiger partial charge < -0.3 is 10.5 Å². The van der Waals surface area contributed by atoms with E-state index < -0.39 is 0 Å². The lowest BCUT2D eigenvalue weighted by atomic mass is 9.86. The van der Waals surface area contributed by atoms with Crippen molar-refractivity contribution in [2.24, 2.45) is 11.7 Å². The molecule has 0 aromatic carbocycles. The molecular formula is C10H19NO2. The molecule has 0 spiro atoms. The van der Waals surface area contributed by atoms with Crippen LogP contribution in [0.2, 0.25) is 0 Å². The zero-order chi connectivity index (χ0) is 9.90. The summed E-state index contributed by atoms with van der Waals surface area (Å²) in [5.74, 6) is 0.370. The molecule has 0 aromatic heterocycles. The van der Waals surface area contributed by atoms with Gasteiger partial charge >= 0.3 is 5.97 Å². The third kappa shape index (κ3) is 2.69. The Morgan fingerprint density at radius 1 is 1.62 bits per heavy atom. The molecule has 3 nitrogen and oxygen atoms in total. The molecule has 0 aliphatic heterocycles. The summed E-state index contributed by atoms with van der Waals surface area (Å²) in [5.41, 5.74) is 5.90. The maximum absolute atomic E-state index is 11.1. The summed E-state index contributed by atoms with van der Waals surface area (Å²) >= 11 is 0. The van der Waals surface area contributed by atoms with E-state index >= 15 is 0 Å². The summed E-state index contributed by atoms with van der Waals surface area (Å²) in [5, 5.41) is 0. The molecule has 3 heteroatoms. The molecule has 1 saturated carbocycles. The van der Waals surface area contributed by atoms with E-state index in [0.717, 1.165) is 12.8 Å². The Morgan fingerprint density at radius 3 is 2.62 bits per heavy atom. The van der Waals surface area contributed by atoms with Crippen LogP contribution < -0.4 is 5.73 Å². The van der Waals surface area contributed by atoms with Gasteiger partial charge in [0.05, 0.1) is 13.5 Å². The first-order valence-electron chi connectivity index (χ1n) is 4.98. The van der Waals surface area contributed by atoms with E-state index in [4.69, 9.17) is 5.73 Å². The lowest BCUT2D eigenvalue weighted by molar-refractivity contribution is -0.142. The van der Waals surface area contributed by atoms with Crippen LogP contribution in [0.1, 0.15) is 39.0 Å². The van der Waals surface area contributed by atoms with E-state index in [1.807, 2.05) is 0 Å². The third-order valence-electron chi connectivity index (χ3n) is 2.81. The molecule has 0 radical (unpaired) electrons. The van der Waals surface area contributed by atoms with Gasteiger partial charge in [-0.25, -0.2) is 0 Å². The minimum Gasteiger partial charge on any atom is -0.469 e. The first-order chi connectivity index (χ1) is 6.12. The second-order valence-corrected chi connectivity index (χ2v) is 4.01. The largest absolute Gasteiger partial charge is 0.469 e. The Balaban J connectivity index is 2.50. The minimum atomic E-state index is -0.290. The molecule has 2 N–H and O–H groups in total. The van der Waals surface area contributed by atoms with Crippen LogP contribution in [0, 0.1) is 5.92 Å². The summed E-state index contributed by atoms with van der Waals surface area (Å²) < 4.78 is 4.65. The molecule has 1 fully saturated rings. The van der Waals surface area contributed by atoms with Gasteiger partial charge in [-0.05, 0) is 25.2 Å². The van der Waals surface area contributed by atoms with E-state index in [-0.39, 0.29) is 11.5 Å². The highest BCUT2D eigenvalue weighted by molar-refractivity contribution is 5.70. The Morgan fingerprint density at radius 2 is 2.23 bits per heavy atom. The molecular weight excluding hydrogens is 166 g/mol. The first kappa shape index (κ1) is 10.5. The molecule has 1 unspecified atom stereocenters. The van der Waals surface area contributed by atoms with Crippen LogP contribution in [0.3, 0.4) is 0 Å². The van der Waals surface area contributed by atoms with Crippen molar-refractivity contribution in [3.63, 3.8) is 0 Å². The molecule has 0 aromatic rings. The highest BCUT2D eigenvalue weighted by Crippen LogP contribution is 2.42. The lowest BCUT2D eigenvalue weighted by Crippen LogP contribution is -2.44. The van der Waals surface area contributed by atoms with Gasteiger partial charge in [-0.2, -0.15) is 0 Å². The standard InChI is InChI=1S/C10H19NO2/c1-3-6-10(11,8-4-5-8)7-9(12)13-2/h8H,3-7,11H2,1-2H3. The first-order valence-corrected chi connectivity index (χ1v) is 4.98. The van der Waals surface area contributed by atoms with Crippen LogP contribution in [-0.4, -0.2) is 18.6 Å². The second kappa shape index (κ2) is 4.09. The summed E-state index contributed by atoms with van der Waals surface area (Å²) in [6.45, 7) is 2.10. The molecule has 13 heavy (non-hydrogen) atoms. The highest BCUT2D eigenvalue weighted by atomic mass is 16.5. The smallest absolute Gasteiger partial charge is 0.307 e. The number of methoxy groups -OCH3 is 1. The molecule has 0 amide bonds. The highest BCUT2D eigenvalue weighted by Gasteiger charge is 2.42. The molecule has 1 atom stereocenters. The molecule has 1 rings (SSSR count). The number of hydrogen-bond donors (Lipinski definition) is 1. The molecule has 0 saturated heterocycles. The maximum Gasteiger partial charge on any atom is 0.307 e. The van der Waals surface area contributed by atoms with Crippen molar-refractivity contribution in [3.8, 4) is 0 Å². The number of rotatable bonds is 5. The number of nitrogens with two attached hydrogens (primary N) is 1. The van der Waals surface area contributed by atoms with Crippen molar-refractivity contribution in [2.75, 3.05) is 7.11 Å². The van der Waals surface area contributed by atoms with E-state index in [1.165, 1.54) is 20.0 Å². The Hall–Kier alpha value is -0.570. The second-order valence-electron chi connectivity index (χ2n) is 4.01. The normalized spacial score (nSPS) is 20.8. The van der Waals surface area contributed by atoms with E-state index in [0.29, 0.717) is 12.3 Å². The Bertz CT molecular complexity index is 189. The van der Waals surface area contributed by atoms with Crippen LogP contribution in [0.5, 0.6) is 0 Å². The van der Waals surface area contributed by atoms with Gasteiger partial charge in [-0.3, -0.25) is 4.79 Å². The van der Waals surface area contributed by atoms with Crippen molar-refractivity contribution < 1.29 is 9.53 Å². The molecule has 0 heterocycles. The average Bonchev–Trinajstić information content (AvgIpc) is 2.86. The molecule has 76 valence electrons. The minimum absolute atomic E-state index is 0.178. The summed E-state index contributed by atoms with van der Waals surface area (Å²) in [7, 11) is 1.42. The number of carbonyl (C=O) groups is 1. The van der Waals surface area contributed by atoms with E-state index in [2.05, 4.69) is 11.7 Å². The fourth-order valence-corrected chi connectivity index (χ4v) is 1.90. The molecule has 1 aliphatic carbocycles. The predicted octanol–water partition coefficient (Wildman–Crippen LogP) is 1.46. The fourth-order valence-electron chi connectivity index (χ4n) is 1.90. The molecule has 1 aliphatic rings. The van der Waals surface area contributed by atoms with Crippen molar-refractivity contribution in [1.29, 1.82) is 0 Å². The van der Waals surface area contributed by atoms with E-state index in [9.17, 15) is 4.79 Å². The Kier molecular flexibility index (Phi) is 3.31. The fraction of sp³-hybridized carbons (Fsp3) is 0.900. The van der Waals surface area contributed by atoms with Gasteiger partial charge in [0.2, 0.25) is 0 Å².